The first-order valence-corrected chi connectivity index (χ1v) is 4.32. The first-order valence-electron chi connectivity index (χ1n) is 4.32. The molecule has 0 bridgehead atoms. The van der Waals surface area contributed by atoms with Crippen LogP contribution in [0.4, 0.5) is 4.39 Å². The van der Waals surface area contributed by atoms with Crippen LogP contribution in [0.1, 0.15) is 25.3 Å². The van der Waals surface area contributed by atoms with Gasteiger partial charge in [0, 0.05) is 0 Å². The van der Waals surface area contributed by atoms with Crippen molar-refractivity contribution in [2.45, 2.75) is 19.8 Å². The highest BCUT2D eigenvalue weighted by atomic mass is 19.1. The van der Waals surface area contributed by atoms with Gasteiger partial charge < -0.3 is 4.74 Å². The molecule has 0 aliphatic carbocycles. The van der Waals surface area contributed by atoms with E-state index in [4.69, 9.17) is 4.74 Å². The lowest BCUT2D eigenvalue weighted by Crippen LogP contribution is -1.91. The second-order valence-corrected chi connectivity index (χ2v) is 2.94. The number of alkyl halides is 1. The van der Waals surface area contributed by atoms with Gasteiger partial charge in [0.1, 0.15) is 5.75 Å². The summed E-state index contributed by atoms with van der Waals surface area (Å²) in [6.45, 7) is 4.64. The quantitative estimate of drug-likeness (QED) is 0.698. The highest BCUT2D eigenvalue weighted by Gasteiger charge is 1.99. The molecule has 3 heteroatoms. The summed E-state index contributed by atoms with van der Waals surface area (Å²) in [5, 5.41) is 0. The molecule has 0 aliphatic rings. The molecular weight excluding hydrogens is 183 g/mol. The van der Waals surface area contributed by atoms with Gasteiger partial charge in [-0.3, -0.25) is 9.18 Å². The van der Waals surface area contributed by atoms with Crippen molar-refractivity contribution in [3.63, 3.8) is 0 Å². The molecule has 0 atom stereocenters. The van der Waals surface area contributed by atoms with Crippen LogP contribution in [-0.4, -0.2) is 13.6 Å². The SMILES string of the molecule is CC(C)c1cccc(OC=O)c1.CF. The Hall–Kier alpha value is -1.38. The highest BCUT2D eigenvalue weighted by Crippen LogP contribution is 2.19. The number of halogens is 1. The lowest BCUT2D eigenvalue weighted by molar-refractivity contribution is -0.120. The molecular formula is C11H15FO2. The van der Waals surface area contributed by atoms with E-state index in [0.717, 1.165) is 0 Å². The van der Waals surface area contributed by atoms with E-state index >= 15 is 0 Å². The zero-order chi connectivity index (χ0) is 11.0. The summed E-state index contributed by atoms with van der Waals surface area (Å²) >= 11 is 0. The molecule has 0 spiro atoms. The van der Waals surface area contributed by atoms with E-state index in [1.54, 1.807) is 6.07 Å². The molecule has 0 radical (unpaired) electrons. The van der Waals surface area contributed by atoms with Crippen molar-refractivity contribution in [3.8, 4) is 5.75 Å². The Bertz CT molecular complexity index is 272. The van der Waals surface area contributed by atoms with E-state index in [1.807, 2.05) is 18.2 Å². The van der Waals surface area contributed by atoms with Crippen LogP contribution in [0, 0.1) is 0 Å². The third-order valence-electron chi connectivity index (χ3n) is 1.71. The first kappa shape index (κ1) is 12.6. The fourth-order valence-corrected chi connectivity index (χ4v) is 1.00. The molecule has 0 N–H and O–H groups in total. The van der Waals surface area contributed by atoms with E-state index in [0.29, 0.717) is 25.3 Å². The van der Waals surface area contributed by atoms with E-state index < -0.39 is 0 Å². The van der Waals surface area contributed by atoms with Crippen LogP contribution < -0.4 is 4.74 Å². The number of ether oxygens (including phenoxy) is 1. The van der Waals surface area contributed by atoms with Crippen LogP contribution in [0.15, 0.2) is 24.3 Å². The summed E-state index contributed by atoms with van der Waals surface area (Å²) in [6.07, 6.45) is 0. The normalized spacial score (nSPS) is 8.93. The standard InChI is InChI=1S/C10H12O2.CH3F/c1-8(2)9-4-3-5-10(6-9)12-7-11;1-2/h3-8H,1-2H3;1H3. The Morgan fingerprint density at radius 1 is 1.36 bits per heavy atom. The number of carbonyl (C=O) groups is 1. The first-order chi connectivity index (χ1) is 6.74. The van der Waals surface area contributed by atoms with Gasteiger partial charge in [0.25, 0.3) is 6.47 Å². The van der Waals surface area contributed by atoms with Crippen LogP contribution in [0.5, 0.6) is 5.75 Å². The van der Waals surface area contributed by atoms with Crippen molar-refractivity contribution in [3.05, 3.63) is 29.8 Å². The fourth-order valence-electron chi connectivity index (χ4n) is 1.00. The van der Waals surface area contributed by atoms with Crippen molar-refractivity contribution < 1.29 is 13.9 Å². The van der Waals surface area contributed by atoms with Crippen molar-refractivity contribution in [1.82, 2.24) is 0 Å². The minimum Gasteiger partial charge on any atom is -0.429 e. The molecule has 1 rings (SSSR count). The summed E-state index contributed by atoms with van der Waals surface area (Å²) in [6, 6.07) is 7.54. The molecule has 78 valence electrons. The Balaban J connectivity index is 0.000000791. The molecule has 0 aliphatic heterocycles. The lowest BCUT2D eigenvalue weighted by atomic mass is 10.0. The third-order valence-corrected chi connectivity index (χ3v) is 1.71. The van der Waals surface area contributed by atoms with E-state index in [9.17, 15) is 9.18 Å². The van der Waals surface area contributed by atoms with Crippen molar-refractivity contribution in [1.29, 1.82) is 0 Å². The summed E-state index contributed by atoms with van der Waals surface area (Å²) < 4.78 is 14.2. The summed E-state index contributed by atoms with van der Waals surface area (Å²) in [5.74, 6) is 1.07. The van der Waals surface area contributed by atoms with Crippen LogP contribution in [0.25, 0.3) is 0 Å². The molecule has 0 aromatic heterocycles. The average Bonchev–Trinajstić information content (AvgIpc) is 2.22. The molecule has 14 heavy (non-hydrogen) atoms. The van der Waals surface area contributed by atoms with Gasteiger partial charge in [-0.05, 0) is 23.6 Å². The van der Waals surface area contributed by atoms with Gasteiger partial charge in [-0.25, -0.2) is 0 Å². The van der Waals surface area contributed by atoms with Gasteiger partial charge in [0.2, 0.25) is 0 Å². The topological polar surface area (TPSA) is 26.3 Å². The molecule has 0 saturated heterocycles. The van der Waals surface area contributed by atoms with Crippen molar-refractivity contribution in [2.24, 2.45) is 0 Å². The van der Waals surface area contributed by atoms with Crippen LogP contribution >= 0.6 is 0 Å². The molecule has 0 saturated carbocycles. The number of hydrogen-bond donors (Lipinski definition) is 0. The zero-order valence-electron chi connectivity index (χ0n) is 8.66. The maximum atomic E-state index is 10.0. The predicted molar refractivity (Wildman–Crippen MR) is 54.3 cm³/mol. The largest absolute Gasteiger partial charge is 0.429 e. The lowest BCUT2D eigenvalue weighted by Gasteiger charge is -2.05. The monoisotopic (exact) mass is 198 g/mol. The maximum Gasteiger partial charge on any atom is 0.298 e. The molecule has 2 nitrogen and oxygen atoms in total. The Morgan fingerprint density at radius 2 is 2.00 bits per heavy atom. The zero-order valence-corrected chi connectivity index (χ0v) is 8.66. The fraction of sp³-hybridized carbons (Fsp3) is 0.364. The minimum absolute atomic E-state index is 0.444. The van der Waals surface area contributed by atoms with Crippen molar-refractivity contribution >= 4 is 6.47 Å². The molecule has 0 fully saturated rings. The van der Waals surface area contributed by atoms with Gasteiger partial charge >= 0.3 is 0 Å². The Kier molecular flexibility index (Phi) is 6.37. The van der Waals surface area contributed by atoms with Crippen molar-refractivity contribution in [2.75, 3.05) is 7.18 Å². The molecule has 0 unspecified atom stereocenters. The van der Waals surface area contributed by atoms with E-state index in [-0.39, 0.29) is 0 Å². The van der Waals surface area contributed by atoms with Gasteiger partial charge in [-0.15, -0.1) is 0 Å². The summed E-state index contributed by atoms with van der Waals surface area (Å²) in [7, 11) is 0.500. The van der Waals surface area contributed by atoms with Gasteiger partial charge in [-0.2, -0.15) is 0 Å². The van der Waals surface area contributed by atoms with E-state index in [1.165, 1.54) is 5.56 Å². The molecule has 1 aromatic rings. The molecule has 1 aromatic carbocycles. The predicted octanol–water partition coefficient (Wildman–Crippen LogP) is 2.93. The summed E-state index contributed by atoms with van der Waals surface area (Å²) in [5.41, 5.74) is 1.18. The molecule has 0 heterocycles. The minimum atomic E-state index is 0.444. The van der Waals surface area contributed by atoms with Crippen LogP contribution in [0.2, 0.25) is 0 Å². The summed E-state index contributed by atoms with van der Waals surface area (Å²) in [4.78, 5) is 10.0. The van der Waals surface area contributed by atoms with Crippen LogP contribution in [-0.2, 0) is 4.79 Å². The Labute approximate surface area is 83.7 Å². The van der Waals surface area contributed by atoms with Gasteiger partial charge in [-0.1, -0.05) is 26.0 Å². The third kappa shape index (κ3) is 4.03. The highest BCUT2D eigenvalue weighted by molar-refractivity contribution is 5.45. The second kappa shape index (κ2) is 7.06. The smallest absolute Gasteiger partial charge is 0.298 e. The number of rotatable bonds is 3. The van der Waals surface area contributed by atoms with Gasteiger partial charge in [0.15, 0.2) is 0 Å². The van der Waals surface area contributed by atoms with E-state index in [2.05, 4.69) is 13.8 Å². The average molecular weight is 198 g/mol. The number of benzene rings is 1. The van der Waals surface area contributed by atoms with Gasteiger partial charge in [0.05, 0.1) is 7.18 Å². The maximum absolute atomic E-state index is 10.0. The number of hydrogen-bond acceptors (Lipinski definition) is 2. The Morgan fingerprint density at radius 3 is 2.50 bits per heavy atom. The number of carbonyl (C=O) groups excluding carboxylic acids is 1. The van der Waals surface area contributed by atoms with Crippen LogP contribution in [0.3, 0.4) is 0 Å². The molecule has 0 amide bonds. The second-order valence-electron chi connectivity index (χ2n) is 2.94.